The first-order valence-electron chi connectivity index (χ1n) is 4.09. The normalized spacial score (nSPS) is 11.7. The zero-order chi connectivity index (χ0) is 10.1. The average molecular weight is 201 g/mol. The Kier molecular flexibility index (Phi) is 2.84. The number of hydrogen-bond acceptors (Lipinski definition) is 2. The number of hydrogen-bond donors (Lipinski definition) is 2. The lowest BCUT2D eigenvalue weighted by Gasteiger charge is -2.17. The largest absolute Gasteiger partial charge is 0.506 e. The molecule has 0 amide bonds. The molecule has 0 heterocycles. The van der Waals surface area contributed by atoms with E-state index in [-0.39, 0.29) is 5.75 Å². The quantitative estimate of drug-likeness (QED) is 0.770. The smallest absolute Gasteiger partial charge is 0.137 e. The van der Waals surface area contributed by atoms with Gasteiger partial charge in [0.15, 0.2) is 0 Å². The molecule has 0 fully saturated rings. The summed E-state index contributed by atoms with van der Waals surface area (Å²) in [6, 6.07) is 5.12. The number of para-hydroxylation sites is 1. The summed E-state index contributed by atoms with van der Waals surface area (Å²) in [5.74, 6) is 0.0614. The molecule has 0 bridgehead atoms. The number of phenols is 1. The molecule has 13 heavy (non-hydrogen) atoms. The number of halogens is 1. The van der Waals surface area contributed by atoms with Gasteiger partial charge in [-0.3, -0.25) is 0 Å². The fourth-order valence-corrected chi connectivity index (χ4v) is 1.36. The Labute approximate surface area is 82.8 Å². The Morgan fingerprint density at radius 1 is 1.38 bits per heavy atom. The van der Waals surface area contributed by atoms with Crippen molar-refractivity contribution in [2.24, 2.45) is 0 Å². The van der Waals surface area contributed by atoms with Crippen molar-refractivity contribution in [2.45, 2.75) is 25.9 Å². The summed E-state index contributed by atoms with van der Waals surface area (Å²) in [4.78, 5) is 0. The lowest BCUT2D eigenvalue weighted by Crippen LogP contribution is -2.21. The van der Waals surface area contributed by atoms with Crippen molar-refractivity contribution in [1.29, 1.82) is 0 Å². The molecule has 0 unspecified atom stereocenters. The SMILES string of the molecule is CC(C)(O)Cc1cccc(Cl)c1O. The van der Waals surface area contributed by atoms with Gasteiger partial charge in [-0.05, 0) is 25.5 Å². The highest BCUT2D eigenvalue weighted by Crippen LogP contribution is 2.29. The molecule has 0 radical (unpaired) electrons. The van der Waals surface area contributed by atoms with Crippen LogP contribution in [0.3, 0.4) is 0 Å². The van der Waals surface area contributed by atoms with Crippen molar-refractivity contribution in [1.82, 2.24) is 0 Å². The Bertz CT molecular complexity index is 302. The van der Waals surface area contributed by atoms with Gasteiger partial charge in [0, 0.05) is 6.42 Å². The summed E-state index contributed by atoms with van der Waals surface area (Å²) < 4.78 is 0. The fourth-order valence-electron chi connectivity index (χ4n) is 1.17. The second kappa shape index (κ2) is 3.56. The number of rotatable bonds is 2. The lowest BCUT2D eigenvalue weighted by molar-refractivity contribution is 0.0803. The van der Waals surface area contributed by atoms with Crippen LogP contribution in [0.2, 0.25) is 5.02 Å². The molecule has 0 spiro atoms. The first-order valence-corrected chi connectivity index (χ1v) is 4.47. The maximum Gasteiger partial charge on any atom is 0.137 e. The van der Waals surface area contributed by atoms with Gasteiger partial charge in [0.1, 0.15) is 5.75 Å². The van der Waals surface area contributed by atoms with Gasteiger partial charge < -0.3 is 10.2 Å². The third-order valence-electron chi connectivity index (χ3n) is 1.69. The molecule has 1 aromatic carbocycles. The van der Waals surface area contributed by atoms with Crippen LogP contribution in [-0.2, 0) is 6.42 Å². The number of phenolic OH excluding ortho intramolecular Hbond substituents is 1. The second-order valence-electron chi connectivity index (χ2n) is 3.74. The van der Waals surface area contributed by atoms with Crippen molar-refractivity contribution in [2.75, 3.05) is 0 Å². The predicted molar refractivity (Wildman–Crippen MR) is 53.1 cm³/mol. The molecule has 0 aromatic heterocycles. The second-order valence-corrected chi connectivity index (χ2v) is 4.14. The van der Waals surface area contributed by atoms with Crippen LogP contribution in [0, 0.1) is 0 Å². The first kappa shape index (κ1) is 10.4. The van der Waals surface area contributed by atoms with Crippen LogP contribution >= 0.6 is 11.6 Å². The van der Waals surface area contributed by atoms with Crippen LogP contribution in [0.15, 0.2) is 18.2 Å². The molecule has 0 aliphatic rings. The van der Waals surface area contributed by atoms with Gasteiger partial charge in [-0.1, -0.05) is 23.7 Å². The van der Waals surface area contributed by atoms with E-state index < -0.39 is 5.60 Å². The lowest BCUT2D eigenvalue weighted by atomic mass is 9.98. The van der Waals surface area contributed by atoms with E-state index >= 15 is 0 Å². The zero-order valence-electron chi connectivity index (χ0n) is 7.71. The van der Waals surface area contributed by atoms with Gasteiger partial charge in [0.2, 0.25) is 0 Å². The zero-order valence-corrected chi connectivity index (χ0v) is 8.47. The van der Waals surface area contributed by atoms with E-state index in [2.05, 4.69) is 0 Å². The standard InChI is InChI=1S/C10H13ClO2/c1-10(2,13)6-7-4-3-5-8(11)9(7)12/h3-5,12-13H,6H2,1-2H3. The Balaban J connectivity index is 2.96. The molecule has 2 N–H and O–H groups in total. The molecule has 72 valence electrons. The molecule has 0 saturated carbocycles. The van der Waals surface area contributed by atoms with Crippen molar-refractivity contribution < 1.29 is 10.2 Å². The van der Waals surface area contributed by atoms with Crippen molar-refractivity contribution in [3.8, 4) is 5.75 Å². The third-order valence-corrected chi connectivity index (χ3v) is 2.00. The first-order chi connectivity index (χ1) is 5.90. The van der Waals surface area contributed by atoms with Gasteiger partial charge in [-0.25, -0.2) is 0 Å². The van der Waals surface area contributed by atoms with E-state index in [1.165, 1.54) is 0 Å². The highest BCUT2D eigenvalue weighted by Gasteiger charge is 2.16. The maximum atomic E-state index is 9.53. The van der Waals surface area contributed by atoms with E-state index in [1.807, 2.05) is 0 Å². The minimum absolute atomic E-state index is 0.0614. The monoisotopic (exact) mass is 200 g/mol. The van der Waals surface area contributed by atoms with Crippen molar-refractivity contribution in [3.05, 3.63) is 28.8 Å². The molecule has 1 rings (SSSR count). The molecule has 0 atom stereocenters. The minimum Gasteiger partial charge on any atom is -0.506 e. The molecule has 0 aliphatic heterocycles. The van der Waals surface area contributed by atoms with Crippen LogP contribution in [0.1, 0.15) is 19.4 Å². The topological polar surface area (TPSA) is 40.5 Å². The molecule has 0 saturated heterocycles. The van der Waals surface area contributed by atoms with Crippen LogP contribution in [0.25, 0.3) is 0 Å². The fraction of sp³-hybridized carbons (Fsp3) is 0.400. The molecule has 0 aliphatic carbocycles. The van der Waals surface area contributed by atoms with Crippen LogP contribution < -0.4 is 0 Å². The van der Waals surface area contributed by atoms with Gasteiger partial charge in [-0.2, -0.15) is 0 Å². The summed E-state index contributed by atoms with van der Waals surface area (Å²) in [5, 5.41) is 19.4. The van der Waals surface area contributed by atoms with E-state index in [0.29, 0.717) is 17.0 Å². The van der Waals surface area contributed by atoms with Crippen molar-refractivity contribution in [3.63, 3.8) is 0 Å². The Hall–Kier alpha value is -0.730. The van der Waals surface area contributed by atoms with Crippen LogP contribution in [-0.4, -0.2) is 15.8 Å². The van der Waals surface area contributed by atoms with Gasteiger partial charge in [0.05, 0.1) is 10.6 Å². The minimum atomic E-state index is -0.831. The maximum absolute atomic E-state index is 9.53. The Morgan fingerprint density at radius 2 is 2.00 bits per heavy atom. The predicted octanol–water partition coefficient (Wildman–Crippen LogP) is 2.36. The summed E-state index contributed by atoms with van der Waals surface area (Å²) in [5.41, 5.74) is -0.165. The summed E-state index contributed by atoms with van der Waals surface area (Å²) in [6.07, 6.45) is 0.388. The van der Waals surface area contributed by atoms with E-state index in [1.54, 1.807) is 32.0 Å². The van der Waals surface area contributed by atoms with Gasteiger partial charge in [-0.15, -0.1) is 0 Å². The number of benzene rings is 1. The van der Waals surface area contributed by atoms with Gasteiger partial charge in [0.25, 0.3) is 0 Å². The highest BCUT2D eigenvalue weighted by molar-refractivity contribution is 6.32. The molecule has 1 aromatic rings. The van der Waals surface area contributed by atoms with Crippen LogP contribution in [0.4, 0.5) is 0 Å². The van der Waals surface area contributed by atoms with Crippen molar-refractivity contribution >= 4 is 11.6 Å². The Morgan fingerprint density at radius 3 is 2.54 bits per heavy atom. The van der Waals surface area contributed by atoms with Gasteiger partial charge >= 0.3 is 0 Å². The molecule has 3 heteroatoms. The molecular weight excluding hydrogens is 188 g/mol. The molecule has 2 nitrogen and oxygen atoms in total. The summed E-state index contributed by atoms with van der Waals surface area (Å²) in [6.45, 7) is 3.38. The number of aromatic hydroxyl groups is 1. The summed E-state index contributed by atoms with van der Waals surface area (Å²) >= 11 is 5.71. The van der Waals surface area contributed by atoms with E-state index in [4.69, 9.17) is 11.6 Å². The summed E-state index contributed by atoms with van der Waals surface area (Å²) in [7, 11) is 0. The highest BCUT2D eigenvalue weighted by atomic mass is 35.5. The average Bonchev–Trinajstić information content (AvgIpc) is 1.96. The van der Waals surface area contributed by atoms with Crippen LogP contribution in [0.5, 0.6) is 5.75 Å². The van der Waals surface area contributed by atoms with E-state index in [0.717, 1.165) is 0 Å². The van der Waals surface area contributed by atoms with E-state index in [9.17, 15) is 10.2 Å². The third kappa shape index (κ3) is 2.90. The molecular formula is C10H13ClO2. The number of aliphatic hydroxyl groups is 1.